The lowest BCUT2D eigenvalue weighted by atomic mass is 10.2. The number of nitrogens with two attached hydrogens (primary N) is 1. The van der Waals surface area contributed by atoms with Crippen LogP contribution in [0.5, 0.6) is 11.5 Å². The highest BCUT2D eigenvalue weighted by Gasteiger charge is 2.32. The number of amides is 2. The molecule has 1 fully saturated rings. The van der Waals surface area contributed by atoms with Crippen LogP contribution in [0.3, 0.4) is 0 Å². The molecule has 2 aromatic rings. The maximum absolute atomic E-state index is 12.7. The number of carbonyl (C=O) groups excluding carboxylic acids is 2. The van der Waals surface area contributed by atoms with Crippen molar-refractivity contribution in [3.63, 3.8) is 0 Å². The van der Waals surface area contributed by atoms with Crippen molar-refractivity contribution < 1.29 is 19.1 Å². The molecule has 0 aliphatic carbocycles. The Bertz CT molecular complexity index is 736. The molecule has 0 saturated carbocycles. The summed E-state index contributed by atoms with van der Waals surface area (Å²) < 4.78 is 10.9. The fourth-order valence-electron chi connectivity index (χ4n) is 2.45. The van der Waals surface area contributed by atoms with E-state index in [4.69, 9.17) is 15.2 Å². The molecule has 1 aliphatic heterocycles. The predicted octanol–water partition coefficient (Wildman–Crippen LogP) is 1.20. The molecule has 124 valence electrons. The molecule has 2 amide bonds. The van der Waals surface area contributed by atoms with Gasteiger partial charge in [0, 0.05) is 18.8 Å². The van der Waals surface area contributed by atoms with Crippen LogP contribution in [0, 0.1) is 0 Å². The van der Waals surface area contributed by atoms with Gasteiger partial charge in [-0.3, -0.25) is 14.6 Å². The summed E-state index contributed by atoms with van der Waals surface area (Å²) >= 11 is 0. The standard InChI is InChI=1S/C17H17N3O4/c18-16(21)15-11-23-9-8-20(15)17(22)14-10-13(6-7-19-14)24-12-4-2-1-3-5-12/h1-7,10,15H,8-9,11H2,(H2,18,21). The Morgan fingerprint density at radius 1 is 1.21 bits per heavy atom. The topological polar surface area (TPSA) is 94.8 Å². The largest absolute Gasteiger partial charge is 0.457 e. The summed E-state index contributed by atoms with van der Waals surface area (Å²) in [5.41, 5.74) is 5.54. The number of aromatic nitrogens is 1. The molecule has 0 bridgehead atoms. The summed E-state index contributed by atoms with van der Waals surface area (Å²) in [6.45, 7) is 0.745. The van der Waals surface area contributed by atoms with E-state index in [0.717, 1.165) is 0 Å². The number of para-hydroxylation sites is 1. The van der Waals surface area contributed by atoms with Gasteiger partial charge in [-0.15, -0.1) is 0 Å². The van der Waals surface area contributed by atoms with Crippen LogP contribution in [0.2, 0.25) is 0 Å². The van der Waals surface area contributed by atoms with Gasteiger partial charge < -0.3 is 20.1 Å². The third-order valence-electron chi connectivity index (χ3n) is 3.65. The molecule has 1 saturated heterocycles. The zero-order valence-corrected chi connectivity index (χ0v) is 12.9. The van der Waals surface area contributed by atoms with Gasteiger partial charge in [-0.25, -0.2) is 0 Å². The molecule has 2 N–H and O–H groups in total. The fraction of sp³-hybridized carbons (Fsp3) is 0.235. The van der Waals surface area contributed by atoms with Crippen LogP contribution < -0.4 is 10.5 Å². The highest BCUT2D eigenvalue weighted by Crippen LogP contribution is 2.22. The molecular formula is C17H17N3O4. The Kier molecular flexibility index (Phi) is 4.72. The molecule has 2 heterocycles. The molecular weight excluding hydrogens is 310 g/mol. The zero-order chi connectivity index (χ0) is 16.9. The van der Waals surface area contributed by atoms with Crippen molar-refractivity contribution in [1.29, 1.82) is 0 Å². The summed E-state index contributed by atoms with van der Waals surface area (Å²) in [6.07, 6.45) is 1.49. The van der Waals surface area contributed by atoms with E-state index in [1.165, 1.54) is 11.1 Å². The van der Waals surface area contributed by atoms with Crippen molar-refractivity contribution in [1.82, 2.24) is 9.88 Å². The molecule has 24 heavy (non-hydrogen) atoms. The van der Waals surface area contributed by atoms with Crippen LogP contribution in [0.25, 0.3) is 0 Å². The van der Waals surface area contributed by atoms with Gasteiger partial charge in [0.15, 0.2) is 0 Å². The van der Waals surface area contributed by atoms with E-state index < -0.39 is 11.9 Å². The molecule has 1 aromatic carbocycles. The lowest BCUT2D eigenvalue weighted by Crippen LogP contribution is -2.54. The number of pyridine rings is 1. The average molecular weight is 327 g/mol. The smallest absolute Gasteiger partial charge is 0.273 e. The van der Waals surface area contributed by atoms with Crippen LogP contribution in [-0.2, 0) is 9.53 Å². The summed E-state index contributed by atoms with van der Waals surface area (Å²) in [5, 5.41) is 0. The number of morpholine rings is 1. The van der Waals surface area contributed by atoms with Crippen molar-refractivity contribution in [3.05, 3.63) is 54.4 Å². The van der Waals surface area contributed by atoms with Crippen LogP contribution in [0.1, 0.15) is 10.5 Å². The van der Waals surface area contributed by atoms with E-state index in [0.29, 0.717) is 18.1 Å². The van der Waals surface area contributed by atoms with Gasteiger partial charge in [0.05, 0.1) is 13.2 Å². The predicted molar refractivity (Wildman–Crippen MR) is 85.6 cm³/mol. The highest BCUT2D eigenvalue weighted by molar-refractivity contribution is 5.96. The Morgan fingerprint density at radius 3 is 2.75 bits per heavy atom. The molecule has 7 nitrogen and oxygen atoms in total. The third-order valence-corrected chi connectivity index (χ3v) is 3.65. The quantitative estimate of drug-likeness (QED) is 0.910. The first kappa shape index (κ1) is 15.9. The number of hydrogen-bond acceptors (Lipinski definition) is 5. The first-order valence-corrected chi connectivity index (χ1v) is 7.52. The first-order valence-electron chi connectivity index (χ1n) is 7.52. The number of nitrogens with zero attached hydrogens (tertiary/aromatic N) is 2. The number of hydrogen-bond donors (Lipinski definition) is 1. The van der Waals surface area contributed by atoms with Crippen molar-refractivity contribution >= 4 is 11.8 Å². The number of carbonyl (C=O) groups is 2. The minimum atomic E-state index is -0.785. The van der Waals surface area contributed by atoms with Gasteiger partial charge in [-0.05, 0) is 18.2 Å². The zero-order valence-electron chi connectivity index (χ0n) is 12.9. The van der Waals surface area contributed by atoms with E-state index in [2.05, 4.69) is 4.98 Å². The van der Waals surface area contributed by atoms with Gasteiger partial charge in [0.1, 0.15) is 23.2 Å². The van der Waals surface area contributed by atoms with Crippen molar-refractivity contribution in [3.8, 4) is 11.5 Å². The molecule has 0 spiro atoms. The van der Waals surface area contributed by atoms with E-state index in [1.807, 2.05) is 30.3 Å². The molecule has 3 rings (SSSR count). The van der Waals surface area contributed by atoms with Gasteiger partial charge in [-0.1, -0.05) is 18.2 Å². The number of ether oxygens (including phenoxy) is 2. The lowest BCUT2D eigenvalue weighted by molar-refractivity contribution is -0.127. The van der Waals surface area contributed by atoms with Gasteiger partial charge >= 0.3 is 0 Å². The van der Waals surface area contributed by atoms with Crippen LogP contribution in [-0.4, -0.2) is 47.5 Å². The van der Waals surface area contributed by atoms with Crippen molar-refractivity contribution in [2.75, 3.05) is 19.8 Å². The number of rotatable bonds is 4. The second-order valence-corrected chi connectivity index (χ2v) is 5.28. The van der Waals surface area contributed by atoms with Gasteiger partial charge in [-0.2, -0.15) is 0 Å². The van der Waals surface area contributed by atoms with Crippen LogP contribution >= 0.6 is 0 Å². The monoisotopic (exact) mass is 327 g/mol. The van der Waals surface area contributed by atoms with Crippen LogP contribution in [0.15, 0.2) is 48.7 Å². The Morgan fingerprint density at radius 2 is 2.00 bits per heavy atom. The Labute approximate surface area is 139 Å². The summed E-state index contributed by atoms with van der Waals surface area (Å²) in [5.74, 6) is 0.173. The fourth-order valence-corrected chi connectivity index (χ4v) is 2.45. The van der Waals surface area contributed by atoms with Crippen molar-refractivity contribution in [2.24, 2.45) is 5.73 Å². The third kappa shape index (κ3) is 3.52. The molecule has 1 aromatic heterocycles. The van der Waals surface area contributed by atoms with E-state index in [1.54, 1.807) is 12.1 Å². The lowest BCUT2D eigenvalue weighted by Gasteiger charge is -2.33. The minimum Gasteiger partial charge on any atom is -0.457 e. The molecule has 7 heteroatoms. The Balaban J connectivity index is 1.80. The Hall–Kier alpha value is -2.93. The van der Waals surface area contributed by atoms with E-state index >= 15 is 0 Å². The summed E-state index contributed by atoms with van der Waals surface area (Å²) in [4.78, 5) is 29.7. The average Bonchev–Trinajstić information content (AvgIpc) is 2.62. The molecule has 1 aliphatic rings. The number of benzene rings is 1. The maximum Gasteiger partial charge on any atom is 0.273 e. The summed E-state index contributed by atoms with van der Waals surface area (Å²) in [6, 6.07) is 11.6. The minimum absolute atomic E-state index is 0.0985. The number of primary amides is 1. The maximum atomic E-state index is 12.7. The molecule has 0 radical (unpaired) electrons. The second kappa shape index (κ2) is 7.10. The van der Waals surface area contributed by atoms with E-state index in [-0.39, 0.29) is 24.8 Å². The van der Waals surface area contributed by atoms with Crippen LogP contribution in [0.4, 0.5) is 0 Å². The molecule has 1 unspecified atom stereocenters. The van der Waals surface area contributed by atoms with Gasteiger partial charge in [0.2, 0.25) is 5.91 Å². The van der Waals surface area contributed by atoms with Crippen molar-refractivity contribution in [2.45, 2.75) is 6.04 Å². The first-order chi connectivity index (χ1) is 11.6. The molecule has 1 atom stereocenters. The summed E-state index contributed by atoms with van der Waals surface area (Å²) in [7, 11) is 0. The van der Waals surface area contributed by atoms with E-state index in [9.17, 15) is 9.59 Å². The SMILES string of the molecule is NC(=O)C1COCCN1C(=O)c1cc(Oc2ccccc2)ccn1. The highest BCUT2D eigenvalue weighted by atomic mass is 16.5. The second-order valence-electron chi connectivity index (χ2n) is 5.28. The van der Waals surface area contributed by atoms with Gasteiger partial charge in [0.25, 0.3) is 5.91 Å². The normalized spacial score (nSPS) is 17.3.